The van der Waals surface area contributed by atoms with Crippen molar-refractivity contribution in [1.82, 2.24) is 0 Å². The smallest absolute Gasteiger partial charge is 0.262 e. The molecule has 0 saturated heterocycles. The molecule has 2 aromatic rings. The van der Waals surface area contributed by atoms with E-state index in [1.54, 1.807) is 18.2 Å². The van der Waals surface area contributed by atoms with E-state index in [4.69, 9.17) is 9.47 Å². The standard InChI is InChI=1S/C17H17Br2NO3/c1-2-9-22-14-6-4-13(5-7-14)20-17(21)11-23-16-8-3-12(18)10-15(16)19/h3-8,10H,2,9,11H2,1H3,(H,20,21). The highest BCUT2D eigenvalue weighted by Gasteiger charge is 2.07. The zero-order chi connectivity index (χ0) is 16.7. The Morgan fingerprint density at radius 2 is 1.83 bits per heavy atom. The molecule has 23 heavy (non-hydrogen) atoms. The third-order valence-corrected chi connectivity index (χ3v) is 3.98. The number of amides is 1. The average Bonchev–Trinajstić information content (AvgIpc) is 2.53. The average molecular weight is 443 g/mol. The van der Waals surface area contributed by atoms with Gasteiger partial charge < -0.3 is 14.8 Å². The molecule has 4 nitrogen and oxygen atoms in total. The second-order valence-electron chi connectivity index (χ2n) is 4.78. The summed E-state index contributed by atoms with van der Waals surface area (Å²) < 4.78 is 12.7. The van der Waals surface area contributed by atoms with Crippen LogP contribution in [0.15, 0.2) is 51.4 Å². The van der Waals surface area contributed by atoms with Gasteiger partial charge in [-0.1, -0.05) is 22.9 Å². The summed E-state index contributed by atoms with van der Waals surface area (Å²) in [6, 6.07) is 12.8. The first kappa shape index (κ1) is 17.8. The maximum atomic E-state index is 11.9. The molecule has 1 N–H and O–H groups in total. The van der Waals surface area contributed by atoms with Crippen LogP contribution in [-0.4, -0.2) is 19.1 Å². The van der Waals surface area contributed by atoms with E-state index in [1.165, 1.54) is 0 Å². The van der Waals surface area contributed by atoms with Crippen molar-refractivity contribution in [2.24, 2.45) is 0 Å². The lowest BCUT2D eigenvalue weighted by Gasteiger charge is -2.10. The van der Waals surface area contributed by atoms with Crippen LogP contribution < -0.4 is 14.8 Å². The molecule has 0 aliphatic rings. The molecule has 6 heteroatoms. The number of hydrogen-bond acceptors (Lipinski definition) is 3. The van der Waals surface area contributed by atoms with Crippen LogP contribution in [-0.2, 0) is 4.79 Å². The van der Waals surface area contributed by atoms with Crippen molar-refractivity contribution in [1.29, 1.82) is 0 Å². The van der Waals surface area contributed by atoms with Crippen molar-refractivity contribution in [3.8, 4) is 11.5 Å². The minimum Gasteiger partial charge on any atom is -0.494 e. The van der Waals surface area contributed by atoms with E-state index >= 15 is 0 Å². The fourth-order valence-corrected chi connectivity index (χ4v) is 2.95. The largest absolute Gasteiger partial charge is 0.494 e. The number of carbonyl (C=O) groups is 1. The zero-order valence-corrected chi connectivity index (χ0v) is 15.8. The van der Waals surface area contributed by atoms with Crippen LogP contribution in [0.4, 0.5) is 5.69 Å². The van der Waals surface area contributed by atoms with E-state index in [-0.39, 0.29) is 12.5 Å². The Morgan fingerprint density at radius 1 is 1.09 bits per heavy atom. The molecule has 0 fully saturated rings. The lowest BCUT2D eigenvalue weighted by Crippen LogP contribution is -2.20. The minimum atomic E-state index is -0.220. The van der Waals surface area contributed by atoms with Crippen LogP contribution >= 0.6 is 31.9 Å². The Hall–Kier alpha value is -1.53. The van der Waals surface area contributed by atoms with Crippen LogP contribution in [0.1, 0.15) is 13.3 Å². The summed E-state index contributed by atoms with van der Waals surface area (Å²) in [6.07, 6.45) is 0.960. The summed E-state index contributed by atoms with van der Waals surface area (Å²) in [6.45, 7) is 2.67. The van der Waals surface area contributed by atoms with Gasteiger partial charge in [-0.05, 0) is 64.8 Å². The van der Waals surface area contributed by atoms with Gasteiger partial charge in [0.1, 0.15) is 11.5 Å². The minimum absolute atomic E-state index is 0.0612. The number of halogens is 2. The van der Waals surface area contributed by atoms with Gasteiger partial charge in [0.2, 0.25) is 0 Å². The molecular formula is C17H17Br2NO3. The third-order valence-electron chi connectivity index (χ3n) is 2.86. The highest BCUT2D eigenvalue weighted by atomic mass is 79.9. The van der Waals surface area contributed by atoms with Gasteiger partial charge >= 0.3 is 0 Å². The summed E-state index contributed by atoms with van der Waals surface area (Å²) in [5, 5.41) is 2.78. The van der Waals surface area contributed by atoms with Crippen molar-refractivity contribution < 1.29 is 14.3 Å². The lowest BCUT2D eigenvalue weighted by atomic mass is 10.3. The van der Waals surface area contributed by atoms with E-state index in [0.29, 0.717) is 18.0 Å². The number of rotatable bonds is 7. The highest BCUT2D eigenvalue weighted by molar-refractivity contribution is 9.11. The van der Waals surface area contributed by atoms with Gasteiger partial charge in [-0.2, -0.15) is 0 Å². The first-order valence-electron chi connectivity index (χ1n) is 7.19. The monoisotopic (exact) mass is 441 g/mol. The topological polar surface area (TPSA) is 47.6 Å². The second-order valence-corrected chi connectivity index (χ2v) is 6.55. The van der Waals surface area contributed by atoms with Crippen molar-refractivity contribution in [2.75, 3.05) is 18.5 Å². The zero-order valence-electron chi connectivity index (χ0n) is 12.6. The number of ether oxygens (including phenoxy) is 2. The highest BCUT2D eigenvalue weighted by Crippen LogP contribution is 2.28. The molecule has 0 heterocycles. The summed E-state index contributed by atoms with van der Waals surface area (Å²) in [4.78, 5) is 11.9. The number of anilines is 1. The molecule has 0 bridgehead atoms. The Labute approximate surface area is 152 Å². The van der Waals surface area contributed by atoms with Gasteiger partial charge in [-0.3, -0.25) is 4.79 Å². The third kappa shape index (κ3) is 5.88. The second kappa shape index (κ2) is 8.93. The van der Waals surface area contributed by atoms with Crippen LogP contribution in [0.25, 0.3) is 0 Å². The molecular weight excluding hydrogens is 426 g/mol. The van der Waals surface area contributed by atoms with Gasteiger partial charge in [0.25, 0.3) is 5.91 Å². The van der Waals surface area contributed by atoms with Crippen LogP contribution in [0.5, 0.6) is 11.5 Å². The molecule has 122 valence electrons. The molecule has 2 rings (SSSR count). The molecule has 0 atom stereocenters. The normalized spacial score (nSPS) is 10.2. The SMILES string of the molecule is CCCOc1ccc(NC(=O)COc2ccc(Br)cc2Br)cc1. The van der Waals surface area contributed by atoms with E-state index in [2.05, 4.69) is 44.1 Å². The summed E-state index contributed by atoms with van der Waals surface area (Å²) >= 11 is 6.76. The predicted molar refractivity (Wildman–Crippen MR) is 98.2 cm³/mol. The van der Waals surface area contributed by atoms with Crippen molar-refractivity contribution in [3.05, 3.63) is 51.4 Å². The summed E-state index contributed by atoms with van der Waals surface area (Å²) in [5.41, 5.74) is 0.706. The van der Waals surface area contributed by atoms with Gasteiger partial charge in [-0.25, -0.2) is 0 Å². The summed E-state index contributed by atoms with van der Waals surface area (Å²) in [7, 11) is 0. The van der Waals surface area contributed by atoms with E-state index < -0.39 is 0 Å². The Balaban J connectivity index is 1.84. The fourth-order valence-electron chi connectivity index (χ4n) is 1.79. The summed E-state index contributed by atoms with van der Waals surface area (Å²) in [5.74, 6) is 1.19. The predicted octanol–water partition coefficient (Wildman–Crippen LogP) is 5.02. The Kier molecular flexibility index (Phi) is 6.92. The van der Waals surface area contributed by atoms with Gasteiger partial charge in [0.05, 0.1) is 11.1 Å². The Morgan fingerprint density at radius 3 is 2.48 bits per heavy atom. The molecule has 0 saturated carbocycles. The molecule has 0 aliphatic carbocycles. The number of hydrogen-bond donors (Lipinski definition) is 1. The van der Waals surface area contributed by atoms with Crippen molar-refractivity contribution >= 4 is 43.5 Å². The van der Waals surface area contributed by atoms with Gasteiger partial charge in [0, 0.05) is 10.2 Å². The Bertz CT molecular complexity index is 659. The molecule has 0 aromatic heterocycles. The molecule has 0 spiro atoms. The first-order chi connectivity index (χ1) is 11.1. The molecule has 0 aliphatic heterocycles. The number of carbonyl (C=O) groups excluding carboxylic acids is 1. The van der Waals surface area contributed by atoms with E-state index in [1.807, 2.05) is 24.3 Å². The van der Waals surface area contributed by atoms with Crippen LogP contribution in [0.3, 0.4) is 0 Å². The van der Waals surface area contributed by atoms with Crippen molar-refractivity contribution in [2.45, 2.75) is 13.3 Å². The van der Waals surface area contributed by atoms with E-state index in [9.17, 15) is 4.79 Å². The fraction of sp³-hybridized carbons (Fsp3) is 0.235. The maximum Gasteiger partial charge on any atom is 0.262 e. The molecule has 0 unspecified atom stereocenters. The molecule has 1 amide bonds. The first-order valence-corrected chi connectivity index (χ1v) is 8.77. The van der Waals surface area contributed by atoms with Gasteiger partial charge in [-0.15, -0.1) is 0 Å². The van der Waals surface area contributed by atoms with E-state index in [0.717, 1.165) is 21.1 Å². The number of benzene rings is 2. The van der Waals surface area contributed by atoms with Crippen LogP contribution in [0.2, 0.25) is 0 Å². The maximum absolute atomic E-state index is 11.9. The lowest BCUT2D eigenvalue weighted by molar-refractivity contribution is -0.118. The molecule has 0 radical (unpaired) electrons. The quantitative estimate of drug-likeness (QED) is 0.654. The van der Waals surface area contributed by atoms with Gasteiger partial charge in [0.15, 0.2) is 6.61 Å². The molecule has 2 aromatic carbocycles. The van der Waals surface area contributed by atoms with Crippen molar-refractivity contribution in [3.63, 3.8) is 0 Å². The van der Waals surface area contributed by atoms with Crippen LogP contribution in [0, 0.1) is 0 Å². The number of nitrogens with one attached hydrogen (secondary N) is 1.